The van der Waals surface area contributed by atoms with E-state index in [-0.39, 0.29) is 24.0 Å². The smallest absolute Gasteiger partial charge is 0.240 e. The molecule has 4 heteroatoms. The lowest BCUT2D eigenvalue weighted by atomic mass is 10.1. The fourth-order valence-electron chi connectivity index (χ4n) is 2.60. The largest absolute Gasteiger partial charge is 0.330 e. The molecule has 2 rings (SSSR count). The molecule has 0 bridgehead atoms. The maximum atomic E-state index is 12.3. The lowest BCUT2D eigenvalue weighted by Gasteiger charge is -2.12. The zero-order chi connectivity index (χ0) is 13.8. The Labute approximate surface area is 114 Å². The van der Waals surface area contributed by atoms with Gasteiger partial charge in [0.2, 0.25) is 5.91 Å². The van der Waals surface area contributed by atoms with Gasteiger partial charge in [-0.25, -0.2) is 0 Å². The van der Waals surface area contributed by atoms with Gasteiger partial charge in [-0.2, -0.15) is 0 Å². The molecular weight excluding hydrogens is 238 g/mol. The van der Waals surface area contributed by atoms with Gasteiger partial charge in [-0.1, -0.05) is 36.8 Å². The van der Waals surface area contributed by atoms with E-state index < -0.39 is 0 Å². The van der Waals surface area contributed by atoms with Gasteiger partial charge in [0, 0.05) is 0 Å². The van der Waals surface area contributed by atoms with Crippen molar-refractivity contribution in [3.8, 4) is 0 Å². The first kappa shape index (κ1) is 14.0. The molecule has 0 aliphatic carbocycles. The highest BCUT2D eigenvalue weighted by atomic mass is 16.2. The van der Waals surface area contributed by atoms with E-state index in [9.17, 15) is 4.79 Å². The molecule has 0 spiro atoms. The molecule has 0 unspecified atom stereocenters. The summed E-state index contributed by atoms with van der Waals surface area (Å²) in [5.41, 5.74) is 12.6. The SMILES string of the molecule is C[C@@H]1[C@@H](c2ccccc2)N1C(=O)[C@@H](N)CCCCN. The molecular formula is C15H23N3O. The van der Waals surface area contributed by atoms with Crippen LogP contribution in [0.3, 0.4) is 0 Å². The highest BCUT2D eigenvalue weighted by Gasteiger charge is 2.49. The Morgan fingerprint density at radius 3 is 2.63 bits per heavy atom. The van der Waals surface area contributed by atoms with Crippen molar-refractivity contribution in [2.24, 2.45) is 11.5 Å². The molecule has 0 saturated carbocycles. The minimum absolute atomic E-state index is 0.0679. The van der Waals surface area contributed by atoms with Crippen molar-refractivity contribution in [1.29, 1.82) is 0 Å². The van der Waals surface area contributed by atoms with Gasteiger partial charge < -0.3 is 16.4 Å². The van der Waals surface area contributed by atoms with Crippen LogP contribution in [-0.4, -0.2) is 29.4 Å². The number of nitrogens with zero attached hydrogens (tertiary/aromatic N) is 1. The third kappa shape index (κ3) is 3.14. The molecule has 19 heavy (non-hydrogen) atoms. The molecule has 4 N–H and O–H groups in total. The summed E-state index contributed by atoms with van der Waals surface area (Å²) in [5.74, 6) is 0.0679. The van der Waals surface area contributed by atoms with Crippen LogP contribution < -0.4 is 11.5 Å². The van der Waals surface area contributed by atoms with E-state index >= 15 is 0 Å². The summed E-state index contributed by atoms with van der Waals surface area (Å²) in [4.78, 5) is 14.2. The zero-order valence-corrected chi connectivity index (χ0v) is 11.5. The van der Waals surface area contributed by atoms with E-state index in [0.717, 1.165) is 19.3 Å². The van der Waals surface area contributed by atoms with Crippen LogP contribution in [0.1, 0.15) is 37.8 Å². The fraction of sp³-hybridized carbons (Fsp3) is 0.533. The van der Waals surface area contributed by atoms with Crippen LogP contribution in [-0.2, 0) is 4.79 Å². The van der Waals surface area contributed by atoms with Crippen molar-refractivity contribution >= 4 is 5.91 Å². The third-order valence-electron chi connectivity index (χ3n) is 3.79. The summed E-state index contributed by atoms with van der Waals surface area (Å²) in [5, 5.41) is 0. The standard InChI is InChI=1S/C15H23N3O/c1-11-14(12-7-3-2-4-8-12)18(11)15(19)13(17)9-5-6-10-16/h2-4,7-8,11,13-14H,5-6,9-10,16-17H2,1H3/t11-,13+,14+,18?/m1/s1. The Balaban J connectivity index is 1.91. The third-order valence-corrected chi connectivity index (χ3v) is 3.79. The summed E-state index contributed by atoms with van der Waals surface area (Å²) < 4.78 is 0. The fourth-order valence-corrected chi connectivity index (χ4v) is 2.60. The second kappa shape index (κ2) is 6.17. The average molecular weight is 261 g/mol. The first-order valence-corrected chi connectivity index (χ1v) is 6.99. The van der Waals surface area contributed by atoms with E-state index in [1.807, 2.05) is 23.1 Å². The summed E-state index contributed by atoms with van der Waals surface area (Å²) >= 11 is 0. The number of carbonyl (C=O) groups excluding carboxylic acids is 1. The van der Waals surface area contributed by atoms with Gasteiger partial charge in [-0.05, 0) is 31.9 Å². The second-order valence-corrected chi connectivity index (χ2v) is 5.23. The van der Waals surface area contributed by atoms with Crippen LogP contribution in [0.5, 0.6) is 0 Å². The molecule has 1 aliphatic rings. The van der Waals surface area contributed by atoms with E-state index in [2.05, 4.69) is 19.1 Å². The Morgan fingerprint density at radius 1 is 1.32 bits per heavy atom. The van der Waals surface area contributed by atoms with E-state index in [4.69, 9.17) is 11.5 Å². The van der Waals surface area contributed by atoms with Crippen molar-refractivity contribution < 1.29 is 4.79 Å². The van der Waals surface area contributed by atoms with Gasteiger partial charge in [0.1, 0.15) is 0 Å². The van der Waals surface area contributed by atoms with Gasteiger partial charge in [-0.15, -0.1) is 0 Å². The number of carbonyl (C=O) groups is 1. The van der Waals surface area contributed by atoms with Gasteiger partial charge in [0.15, 0.2) is 0 Å². The molecule has 1 saturated heterocycles. The summed E-state index contributed by atoms with van der Waals surface area (Å²) in [6, 6.07) is 10.2. The Morgan fingerprint density at radius 2 is 2.00 bits per heavy atom. The minimum Gasteiger partial charge on any atom is -0.330 e. The summed E-state index contributed by atoms with van der Waals surface area (Å²) in [6.07, 6.45) is 2.57. The van der Waals surface area contributed by atoms with Crippen molar-refractivity contribution in [3.05, 3.63) is 35.9 Å². The quantitative estimate of drug-likeness (QED) is 0.601. The first-order chi connectivity index (χ1) is 9.16. The summed E-state index contributed by atoms with van der Waals surface area (Å²) in [7, 11) is 0. The predicted molar refractivity (Wildman–Crippen MR) is 76.4 cm³/mol. The Bertz CT molecular complexity index is 421. The average Bonchev–Trinajstić information content (AvgIpc) is 3.10. The number of unbranched alkanes of at least 4 members (excludes halogenated alkanes) is 1. The van der Waals surface area contributed by atoms with Crippen LogP contribution in [0, 0.1) is 0 Å². The lowest BCUT2D eigenvalue weighted by Crippen LogP contribution is -2.36. The number of amides is 1. The number of nitrogens with two attached hydrogens (primary N) is 2. The van der Waals surface area contributed by atoms with Crippen LogP contribution in [0.4, 0.5) is 0 Å². The monoisotopic (exact) mass is 261 g/mol. The Hall–Kier alpha value is -1.39. The maximum Gasteiger partial charge on any atom is 0.240 e. The topological polar surface area (TPSA) is 72.1 Å². The number of hydrogen-bond acceptors (Lipinski definition) is 3. The molecule has 1 fully saturated rings. The second-order valence-electron chi connectivity index (χ2n) is 5.23. The van der Waals surface area contributed by atoms with Crippen molar-refractivity contribution in [2.75, 3.05) is 6.54 Å². The zero-order valence-electron chi connectivity index (χ0n) is 11.5. The molecule has 1 aromatic rings. The number of benzene rings is 1. The highest BCUT2D eigenvalue weighted by molar-refractivity contribution is 5.85. The van der Waals surface area contributed by atoms with E-state index in [1.165, 1.54) is 5.56 Å². The molecule has 4 nitrogen and oxygen atoms in total. The van der Waals surface area contributed by atoms with Crippen molar-refractivity contribution in [3.63, 3.8) is 0 Å². The molecule has 1 aromatic carbocycles. The van der Waals surface area contributed by atoms with Gasteiger partial charge in [0.05, 0.1) is 18.1 Å². The van der Waals surface area contributed by atoms with E-state index in [1.54, 1.807) is 0 Å². The first-order valence-electron chi connectivity index (χ1n) is 6.99. The molecule has 104 valence electrons. The maximum absolute atomic E-state index is 12.3. The van der Waals surface area contributed by atoms with Gasteiger partial charge in [0.25, 0.3) is 0 Å². The molecule has 1 aliphatic heterocycles. The molecule has 0 radical (unpaired) electrons. The van der Waals surface area contributed by atoms with Gasteiger partial charge >= 0.3 is 0 Å². The van der Waals surface area contributed by atoms with Crippen LogP contribution >= 0.6 is 0 Å². The normalized spacial score (nSPS) is 23.2. The van der Waals surface area contributed by atoms with Crippen molar-refractivity contribution in [2.45, 2.75) is 44.3 Å². The molecule has 0 aromatic heterocycles. The van der Waals surface area contributed by atoms with Gasteiger partial charge in [-0.3, -0.25) is 4.79 Å². The highest BCUT2D eigenvalue weighted by Crippen LogP contribution is 2.43. The molecule has 1 amide bonds. The Kier molecular flexibility index (Phi) is 4.56. The van der Waals surface area contributed by atoms with Crippen LogP contribution in [0.15, 0.2) is 30.3 Å². The number of rotatable bonds is 6. The van der Waals surface area contributed by atoms with Crippen LogP contribution in [0.2, 0.25) is 0 Å². The molecule has 3 atom stereocenters. The van der Waals surface area contributed by atoms with Crippen molar-refractivity contribution in [1.82, 2.24) is 4.90 Å². The predicted octanol–water partition coefficient (Wildman–Crippen LogP) is 1.41. The lowest BCUT2D eigenvalue weighted by molar-refractivity contribution is -0.128. The number of hydrogen-bond donors (Lipinski definition) is 2. The minimum atomic E-state index is -0.386. The van der Waals surface area contributed by atoms with E-state index in [0.29, 0.717) is 6.54 Å². The van der Waals surface area contributed by atoms with Crippen LogP contribution in [0.25, 0.3) is 0 Å². The molecule has 1 heterocycles. The summed E-state index contributed by atoms with van der Waals surface area (Å²) in [6.45, 7) is 2.73.